The van der Waals surface area contributed by atoms with Crippen molar-refractivity contribution in [1.29, 1.82) is 0 Å². The number of nitrogens with one attached hydrogen (secondary N) is 1. The van der Waals surface area contributed by atoms with Crippen LogP contribution in [0.2, 0.25) is 0 Å². The zero-order valence-corrected chi connectivity index (χ0v) is 10.3. The molecule has 2 aromatic heterocycles. The molecule has 0 unspecified atom stereocenters. The van der Waals surface area contributed by atoms with Crippen LogP contribution < -0.4 is 14.8 Å². The Morgan fingerprint density at radius 2 is 1.94 bits per heavy atom. The van der Waals surface area contributed by atoms with Crippen molar-refractivity contribution in [1.82, 2.24) is 19.9 Å². The molecule has 0 bridgehead atoms. The van der Waals surface area contributed by atoms with Gasteiger partial charge in [-0.25, -0.2) is 0 Å². The summed E-state index contributed by atoms with van der Waals surface area (Å²) in [6.45, 7) is 1.84. The van der Waals surface area contributed by atoms with Crippen molar-refractivity contribution in [2.75, 3.05) is 19.5 Å². The van der Waals surface area contributed by atoms with E-state index < -0.39 is 0 Å². The van der Waals surface area contributed by atoms with Crippen LogP contribution in [0.25, 0.3) is 0 Å². The lowest BCUT2D eigenvalue weighted by atomic mass is 10.3. The molecule has 0 amide bonds. The van der Waals surface area contributed by atoms with Gasteiger partial charge in [-0.15, -0.1) is 4.98 Å². The fraction of sp³-hybridized carbons (Fsp3) is 0.273. The Balaban J connectivity index is 2.31. The van der Waals surface area contributed by atoms with Gasteiger partial charge in [-0.1, -0.05) is 0 Å². The van der Waals surface area contributed by atoms with Gasteiger partial charge in [-0.3, -0.25) is 4.98 Å². The molecule has 18 heavy (non-hydrogen) atoms. The lowest BCUT2D eigenvalue weighted by Crippen LogP contribution is -2.03. The topological polar surface area (TPSA) is 82.1 Å². The number of rotatable bonds is 4. The van der Waals surface area contributed by atoms with E-state index in [4.69, 9.17) is 9.47 Å². The Labute approximate surface area is 104 Å². The van der Waals surface area contributed by atoms with Crippen LogP contribution in [-0.4, -0.2) is 34.1 Å². The van der Waals surface area contributed by atoms with Crippen LogP contribution in [0.1, 0.15) is 5.69 Å². The molecule has 0 spiro atoms. The van der Waals surface area contributed by atoms with Gasteiger partial charge < -0.3 is 14.8 Å². The maximum absolute atomic E-state index is 5.55. The highest BCUT2D eigenvalue weighted by Crippen LogP contribution is 2.22. The Morgan fingerprint density at radius 3 is 2.61 bits per heavy atom. The number of hydrogen-bond acceptors (Lipinski definition) is 7. The van der Waals surface area contributed by atoms with Crippen molar-refractivity contribution in [2.45, 2.75) is 6.92 Å². The third kappa shape index (κ3) is 2.62. The van der Waals surface area contributed by atoms with E-state index in [0.29, 0.717) is 11.7 Å². The highest BCUT2D eigenvalue weighted by atomic mass is 16.5. The molecule has 7 nitrogen and oxygen atoms in total. The van der Waals surface area contributed by atoms with Crippen LogP contribution in [0.15, 0.2) is 18.3 Å². The number of aryl methyl sites for hydroxylation is 1. The van der Waals surface area contributed by atoms with E-state index >= 15 is 0 Å². The number of ether oxygens (including phenoxy) is 2. The minimum Gasteiger partial charge on any atom is -0.467 e. The third-order valence-corrected chi connectivity index (χ3v) is 2.16. The molecule has 0 aromatic carbocycles. The summed E-state index contributed by atoms with van der Waals surface area (Å²) in [5.41, 5.74) is 0.753. The number of nitrogens with zero attached hydrogens (tertiary/aromatic N) is 4. The van der Waals surface area contributed by atoms with Gasteiger partial charge in [0, 0.05) is 13.2 Å². The molecule has 1 N–H and O–H groups in total. The van der Waals surface area contributed by atoms with Crippen molar-refractivity contribution >= 4 is 5.95 Å². The van der Waals surface area contributed by atoms with Gasteiger partial charge in [0.1, 0.15) is 0 Å². The molecular weight excluding hydrogens is 234 g/mol. The van der Waals surface area contributed by atoms with E-state index in [9.17, 15) is 0 Å². The summed E-state index contributed by atoms with van der Waals surface area (Å²) in [6, 6.07) is 3.91. The monoisotopic (exact) mass is 247 g/mol. The maximum atomic E-state index is 5.55. The second kappa shape index (κ2) is 5.26. The van der Waals surface area contributed by atoms with Crippen molar-refractivity contribution < 1.29 is 9.47 Å². The quantitative estimate of drug-likeness (QED) is 0.874. The van der Waals surface area contributed by atoms with Crippen LogP contribution in [0, 0.1) is 6.92 Å². The number of pyridine rings is 1. The van der Waals surface area contributed by atoms with Gasteiger partial charge in [0.15, 0.2) is 5.75 Å². The second-order valence-corrected chi connectivity index (χ2v) is 3.37. The van der Waals surface area contributed by atoms with Crippen LogP contribution in [0.4, 0.5) is 5.95 Å². The molecule has 0 saturated heterocycles. The van der Waals surface area contributed by atoms with E-state index in [1.54, 1.807) is 25.4 Å². The first kappa shape index (κ1) is 12.0. The van der Waals surface area contributed by atoms with E-state index in [-0.39, 0.29) is 12.0 Å². The highest BCUT2D eigenvalue weighted by molar-refractivity contribution is 5.31. The summed E-state index contributed by atoms with van der Waals surface area (Å²) in [5.74, 6) is 0.964. The van der Waals surface area contributed by atoms with Crippen molar-refractivity contribution in [2.24, 2.45) is 0 Å². The SMILES string of the molecule is CNc1nc(OC)nc(Oc2cccnc2C)n1. The minimum absolute atomic E-state index is 0.155. The first-order valence-corrected chi connectivity index (χ1v) is 5.30. The predicted octanol–water partition coefficient (Wildman–Crippen LogP) is 1.42. The average Bonchev–Trinajstić information content (AvgIpc) is 2.41. The van der Waals surface area contributed by atoms with Crippen LogP contribution >= 0.6 is 0 Å². The molecule has 0 aliphatic carbocycles. The Bertz CT molecular complexity index is 524. The van der Waals surface area contributed by atoms with Gasteiger partial charge in [0.2, 0.25) is 5.95 Å². The molecule has 7 heteroatoms. The Morgan fingerprint density at radius 1 is 1.17 bits per heavy atom. The molecular formula is C11H13N5O2. The van der Waals surface area contributed by atoms with Gasteiger partial charge in [0.05, 0.1) is 12.8 Å². The van der Waals surface area contributed by atoms with Gasteiger partial charge >= 0.3 is 12.0 Å². The number of anilines is 1. The first-order chi connectivity index (χ1) is 8.72. The zero-order valence-electron chi connectivity index (χ0n) is 10.3. The maximum Gasteiger partial charge on any atom is 0.330 e. The summed E-state index contributed by atoms with van der Waals surface area (Å²) >= 11 is 0. The van der Waals surface area contributed by atoms with Crippen molar-refractivity contribution in [3.8, 4) is 17.8 Å². The third-order valence-electron chi connectivity index (χ3n) is 2.16. The van der Waals surface area contributed by atoms with E-state index in [2.05, 4.69) is 25.3 Å². The molecule has 0 saturated carbocycles. The van der Waals surface area contributed by atoms with E-state index in [0.717, 1.165) is 5.69 Å². The van der Waals surface area contributed by atoms with Crippen LogP contribution in [0.5, 0.6) is 17.8 Å². The fourth-order valence-electron chi connectivity index (χ4n) is 1.26. The van der Waals surface area contributed by atoms with Gasteiger partial charge in [-0.2, -0.15) is 9.97 Å². The normalized spacial score (nSPS) is 9.94. The van der Waals surface area contributed by atoms with Gasteiger partial charge in [-0.05, 0) is 19.1 Å². The number of aromatic nitrogens is 4. The molecule has 2 aromatic rings. The molecule has 0 atom stereocenters. The van der Waals surface area contributed by atoms with Gasteiger partial charge in [0.25, 0.3) is 0 Å². The summed E-state index contributed by atoms with van der Waals surface area (Å²) in [6.07, 6.45) is 1.69. The number of methoxy groups -OCH3 is 1. The smallest absolute Gasteiger partial charge is 0.330 e. The average molecular weight is 247 g/mol. The zero-order chi connectivity index (χ0) is 13.0. The lowest BCUT2D eigenvalue weighted by Gasteiger charge is -2.07. The van der Waals surface area contributed by atoms with E-state index in [1.807, 2.05) is 6.92 Å². The lowest BCUT2D eigenvalue weighted by molar-refractivity contribution is 0.359. The summed E-state index contributed by atoms with van der Waals surface area (Å²) in [4.78, 5) is 16.2. The summed E-state index contributed by atoms with van der Waals surface area (Å²) in [7, 11) is 3.18. The predicted molar refractivity (Wildman–Crippen MR) is 65.0 cm³/mol. The molecule has 0 fully saturated rings. The molecule has 2 rings (SSSR count). The molecule has 0 radical (unpaired) electrons. The molecule has 94 valence electrons. The standard InChI is InChI=1S/C11H13N5O2/c1-7-8(5-4-6-13-7)18-11-15-9(12-2)14-10(16-11)17-3/h4-6H,1-3H3,(H,12,14,15,16). The van der Waals surface area contributed by atoms with E-state index in [1.165, 1.54) is 7.11 Å². The fourth-order valence-corrected chi connectivity index (χ4v) is 1.26. The van der Waals surface area contributed by atoms with Crippen LogP contribution in [0.3, 0.4) is 0 Å². The second-order valence-electron chi connectivity index (χ2n) is 3.37. The molecule has 0 aliphatic heterocycles. The Hall–Kier alpha value is -2.44. The summed E-state index contributed by atoms with van der Waals surface area (Å²) < 4.78 is 10.5. The highest BCUT2D eigenvalue weighted by Gasteiger charge is 2.09. The largest absolute Gasteiger partial charge is 0.467 e. The van der Waals surface area contributed by atoms with Crippen molar-refractivity contribution in [3.63, 3.8) is 0 Å². The van der Waals surface area contributed by atoms with Crippen molar-refractivity contribution in [3.05, 3.63) is 24.0 Å². The molecule has 0 aliphatic rings. The van der Waals surface area contributed by atoms with Crippen LogP contribution in [-0.2, 0) is 0 Å². The minimum atomic E-state index is 0.155. The summed E-state index contributed by atoms with van der Waals surface area (Å²) in [5, 5.41) is 2.80. The first-order valence-electron chi connectivity index (χ1n) is 5.30. The number of hydrogen-bond donors (Lipinski definition) is 1. The Kier molecular flexibility index (Phi) is 3.52. The molecule has 2 heterocycles.